The van der Waals surface area contributed by atoms with E-state index in [1.54, 1.807) is 0 Å². The average molecular weight is 205 g/mol. The Morgan fingerprint density at radius 2 is 2.13 bits per heavy atom. The molecule has 0 aliphatic carbocycles. The molecule has 0 bridgehead atoms. The summed E-state index contributed by atoms with van der Waals surface area (Å²) in [6.45, 7) is 7.58. The third-order valence-electron chi connectivity index (χ3n) is 3.23. The van der Waals surface area contributed by atoms with Crippen molar-refractivity contribution >= 4 is 5.69 Å². The van der Waals surface area contributed by atoms with E-state index in [0.29, 0.717) is 0 Å². The van der Waals surface area contributed by atoms with Crippen molar-refractivity contribution in [2.24, 2.45) is 0 Å². The van der Waals surface area contributed by atoms with Crippen LogP contribution in [-0.4, -0.2) is 29.5 Å². The first-order valence-electron chi connectivity index (χ1n) is 5.68. The largest absolute Gasteiger partial charge is 0.397 e. The number of aromatic nitrogens is 1. The normalized spacial score (nSPS) is 17.2. The highest BCUT2D eigenvalue weighted by Crippen LogP contribution is 2.18. The number of nitrogens with two attached hydrogens (primary N) is 1. The SMILES string of the molecule is CCN1CCc2cc(N)c(C)nc2CC1. The van der Waals surface area contributed by atoms with Crippen molar-refractivity contribution in [2.75, 3.05) is 25.4 Å². The zero-order chi connectivity index (χ0) is 10.8. The third-order valence-corrected chi connectivity index (χ3v) is 3.23. The molecule has 0 spiro atoms. The smallest absolute Gasteiger partial charge is 0.0605 e. The van der Waals surface area contributed by atoms with E-state index in [-0.39, 0.29) is 0 Å². The Labute approximate surface area is 91.3 Å². The lowest BCUT2D eigenvalue weighted by Crippen LogP contribution is -2.25. The average Bonchev–Trinajstić information content (AvgIpc) is 2.42. The van der Waals surface area contributed by atoms with Gasteiger partial charge in [0.15, 0.2) is 0 Å². The van der Waals surface area contributed by atoms with E-state index in [1.807, 2.05) is 6.92 Å². The van der Waals surface area contributed by atoms with E-state index in [9.17, 15) is 0 Å². The van der Waals surface area contributed by atoms with Crippen LogP contribution in [0.1, 0.15) is 23.9 Å². The van der Waals surface area contributed by atoms with Crippen LogP contribution in [0.15, 0.2) is 6.07 Å². The standard InChI is InChI=1S/C12H19N3/c1-3-15-6-4-10-8-11(13)9(2)14-12(10)5-7-15/h8H,3-7,13H2,1-2H3. The summed E-state index contributed by atoms with van der Waals surface area (Å²) in [5.74, 6) is 0. The molecule has 2 N–H and O–H groups in total. The Bertz CT molecular complexity index is 327. The molecule has 2 rings (SSSR count). The van der Waals surface area contributed by atoms with Crippen LogP contribution in [0, 0.1) is 6.92 Å². The number of rotatable bonds is 1. The molecule has 82 valence electrons. The first kappa shape index (κ1) is 10.4. The molecule has 3 nitrogen and oxygen atoms in total. The summed E-state index contributed by atoms with van der Waals surface area (Å²) in [4.78, 5) is 7.06. The quantitative estimate of drug-likeness (QED) is 0.753. The highest BCUT2D eigenvalue weighted by atomic mass is 15.1. The number of hydrogen-bond acceptors (Lipinski definition) is 3. The molecule has 1 aromatic rings. The van der Waals surface area contributed by atoms with Crippen molar-refractivity contribution in [3.8, 4) is 0 Å². The van der Waals surface area contributed by atoms with E-state index in [1.165, 1.54) is 11.3 Å². The molecule has 1 aromatic heterocycles. The van der Waals surface area contributed by atoms with E-state index in [2.05, 4.69) is 22.9 Å². The van der Waals surface area contributed by atoms with Gasteiger partial charge in [-0.2, -0.15) is 0 Å². The van der Waals surface area contributed by atoms with Gasteiger partial charge in [-0.3, -0.25) is 4.98 Å². The monoisotopic (exact) mass is 205 g/mol. The van der Waals surface area contributed by atoms with Gasteiger partial charge in [0, 0.05) is 25.2 Å². The summed E-state index contributed by atoms with van der Waals surface area (Å²) in [5, 5.41) is 0. The molecule has 3 heteroatoms. The van der Waals surface area contributed by atoms with Gasteiger partial charge in [0.25, 0.3) is 0 Å². The van der Waals surface area contributed by atoms with Crippen LogP contribution in [0.5, 0.6) is 0 Å². The second-order valence-electron chi connectivity index (χ2n) is 4.20. The number of nitrogens with zero attached hydrogens (tertiary/aromatic N) is 2. The molecular formula is C12H19N3. The molecule has 0 fully saturated rings. The van der Waals surface area contributed by atoms with Crippen molar-refractivity contribution < 1.29 is 0 Å². The topological polar surface area (TPSA) is 42.1 Å². The highest BCUT2D eigenvalue weighted by Gasteiger charge is 2.14. The molecule has 2 heterocycles. The van der Waals surface area contributed by atoms with E-state index < -0.39 is 0 Å². The van der Waals surface area contributed by atoms with Crippen LogP contribution in [0.2, 0.25) is 0 Å². The summed E-state index contributed by atoms with van der Waals surface area (Å²) in [7, 11) is 0. The minimum Gasteiger partial charge on any atom is -0.397 e. The lowest BCUT2D eigenvalue weighted by atomic mass is 10.1. The predicted molar refractivity (Wildman–Crippen MR) is 62.9 cm³/mol. The van der Waals surface area contributed by atoms with Gasteiger partial charge in [-0.1, -0.05) is 6.92 Å². The Morgan fingerprint density at radius 3 is 2.87 bits per heavy atom. The molecular weight excluding hydrogens is 186 g/mol. The third kappa shape index (κ3) is 2.12. The van der Waals surface area contributed by atoms with Gasteiger partial charge in [0.1, 0.15) is 0 Å². The number of nitrogen functional groups attached to an aromatic ring is 1. The molecule has 0 atom stereocenters. The second kappa shape index (κ2) is 4.19. The summed E-state index contributed by atoms with van der Waals surface area (Å²) >= 11 is 0. The number of fused-ring (bicyclic) bond motifs is 1. The fraction of sp³-hybridized carbons (Fsp3) is 0.583. The Balaban J connectivity index is 2.27. The zero-order valence-electron chi connectivity index (χ0n) is 9.58. The van der Waals surface area contributed by atoms with Crippen LogP contribution < -0.4 is 5.73 Å². The van der Waals surface area contributed by atoms with Crippen LogP contribution in [0.4, 0.5) is 5.69 Å². The van der Waals surface area contributed by atoms with Gasteiger partial charge in [-0.25, -0.2) is 0 Å². The van der Waals surface area contributed by atoms with Crippen LogP contribution in [0.3, 0.4) is 0 Å². The first-order chi connectivity index (χ1) is 7.20. The molecule has 15 heavy (non-hydrogen) atoms. The van der Waals surface area contributed by atoms with Gasteiger partial charge in [0.05, 0.1) is 11.4 Å². The molecule has 0 saturated carbocycles. The summed E-state index contributed by atoms with van der Waals surface area (Å²) in [5.41, 5.74) is 10.3. The molecule has 0 aromatic carbocycles. The summed E-state index contributed by atoms with van der Waals surface area (Å²) < 4.78 is 0. The molecule has 1 aliphatic heterocycles. The molecule has 0 radical (unpaired) electrons. The van der Waals surface area contributed by atoms with E-state index in [0.717, 1.165) is 43.9 Å². The lowest BCUT2D eigenvalue weighted by molar-refractivity contribution is 0.303. The van der Waals surface area contributed by atoms with Crippen molar-refractivity contribution in [1.82, 2.24) is 9.88 Å². The summed E-state index contributed by atoms with van der Waals surface area (Å²) in [6.07, 6.45) is 2.14. The zero-order valence-corrected chi connectivity index (χ0v) is 9.58. The minimum absolute atomic E-state index is 0.832. The van der Waals surface area contributed by atoms with Gasteiger partial charge < -0.3 is 10.6 Å². The van der Waals surface area contributed by atoms with E-state index >= 15 is 0 Å². The van der Waals surface area contributed by atoms with Gasteiger partial charge in [-0.15, -0.1) is 0 Å². The predicted octanol–water partition coefficient (Wildman–Crippen LogP) is 1.39. The molecule has 0 unspecified atom stereocenters. The van der Waals surface area contributed by atoms with Crippen LogP contribution >= 0.6 is 0 Å². The minimum atomic E-state index is 0.832. The van der Waals surface area contributed by atoms with E-state index in [4.69, 9.17) is 5.73 Å². The fourth-order valence-electron chi connectivity index (χ4n) is 2.12. The Kier molecular flexibility index (Phi) is 2.91. The Hall–Kier alpha value is -1.09. The van der Waals surface area contributed by atoms with Crippen molar-refractivity contribution in [3.05, 3.63) is 23.0 Å². The fourth-order valence-corrected chi connectivity index (χ4v) is 2.12. The van der Waals surface area contributed by atoms with Gasteiger partial charge in [0.2, 0.25) is 0 Å². The molecule has 0 saturated heterocycles. The molecule has 1 aliphatic rings. The number of likely N-dealkylation sites (N-methyl/N-ethyl adjacent to an activating group) is 1. The second-order valence-corrected chi connectivity index (χ2v) is 4.20. The number of aryl methyl sites for hydroxylation is 1. The van der Waals surface area contributed by atoms with Crippen molar-refractivity contribution in [1.29, 1.82) is 0 Å². The highest BCUT2D eigenvalue weighted by molar-refractivity contribution is 5.46. The maximum atomic E-state index is 5.89. The molecule has 0 amide bonds. The van der Waals surface area contributed by atoms with Crippen molar-refractivity contribution in [3.63, 3.8) is 0 Å². The number of hydrogen-bond donors (Lipinski definition) is 1. The summed E-state index contributed by atoms with van der Waals surface area (Å²) in [6, 6.07) is 2.11. The Morgan fingerprint density at radius 1 is 1.40 bits per heavy atom. The lowest BCUT2D eigenvalue weighted by Gasteiger charge is -2.15. The number of pyridine rings is 1. The van der Waals surface area contributed by atoms with Gasteiger partial charge >= 0.3 is 0 Å². The van der Waals surface area contributed by atoms with Crippen LogP contribution in [0.25, 0.3) is 0 Å². The maximum Gasteiger partial charge on any atom is 0.0605 e. The number of anilines is 1. The maximum absolute atomic E-state index is 5.89. The first-order valence-corrected chi connectivity index (χ1v) is 5.68. The van der Waals surface area contributed by atoms with Crippen molar-refractivity contribution in [2.45, 2.75) is 26.7 Å². The van der Waals surface area contributed by atoms with Crippen LogP contribution in [-0.2, 0) is 12.8 Å². The van der Waals surface area contributed by atoms with Gasteiger partial charge in [-0.05, 0) is 31.5 Å².